The van der Waals surface area contributed by atoms with E-state index in [2.05, 4.69) is 23.1 Å². The van der Waals surface area contributed by atoms with E-state index in [0.717, 1.165) is 55.9 Å². The molecule has 2 heterocycles. The molecular weight excluding hydrogens is 276 g/mol. The molecule has 1 aliphatic rings. The maximum atomic E-state index is 10.3. The lowest BCUT2D eigenvalue weighted by Crippen LogP contribution is -2.26. The second-order valence-corrected chi connectivity index (χ2v) is 5.98. The van der Waals surface area contributed by atoms with E-state index in [0.29, 0.717) is 0 Å². The van der Waals surface area contributed by atoms with E-state index in [1.54, 1.807) is 0 Å². The predicted octanol–water partition coefficient (Wildman–Crippen LogP) is 2.11. The molecule has 0 bridgehead atoms. The van der Waals surface area contributed by atoms with Gasteiger partial charge in [0.15, 0.2) is 0 Å². The second kappa shape index (κ2) is 7.18. The Labute approximate surface area is 131 Å². The number of benzene rings is 1. The van der Waals surface area contributed by atoms with Gasteiger partial charge in [0.25, 0.3) is 0 Å². The highest BCUT2D eigenvalue weighted by Crippen LogP contribution is 2.22. The first kappa shape index (κ1) is 15.4. The minimum Gasteiger partial charge on any atom is -0.391 e. The molecule has 2 aromatic rings. The second-order valence-electron chi connectivity index (χ2n) is 5.98. The van der Waals surface area contributed by atoms with Gasteiger partial charge in [-0.2, -0.15) is 0 Å². The molecule has 1 saturated heterocycles. The maximum absolute atomic E-state index is 10.3. The molecule has 4 heteroatoms. The number of likely N-dealkylation sites (tertiary alicyclic amines) is 1. The summed E-state index contributed by atoms with van der Waals surface area (Å²) < 4.78 is 5.40. The number of nitrogens with zero attached hydrogens (tertiary/aromatic N) is 2. The summed E-state index contributed by atoms with van der Waals surface area (Å²) in [5.41, 5.74) is 2.09. The molecule has 0 saturated carbocycles. The molecule has 1 aromatic heterocycles. The van der Waals surface area contributed by atoms with Crippen LogP contribution in [0.25, 0.3) is 10.9 Å². The van der Waals surface area contributed by atoms with Crippen molar-refractivity contribution in [3.8, 4) is 0 Å². The highest BCUT2D eigenvalue weighted by atomic mass is 16.5. The third-order valence-electron chi connectivity index (χ3n) is 4.37. The number of aliphatic hydroxyl groups is 1. The van der Waals surface area contributed by atoms with Crippen LogP contribution in [0.3, 0.4) is 0 Å². The van der Waals surface area contributed by atoms with Crippen LogP contribution in [0, 0.1) is 5.92 Å². The number of aromatic nitrogens is 1. The van der Waals surface area contributed by atoms with Crippen LogP contribution in [0.5, 0.6) is 0 Å². The van der Waals surface area contributed by atoms with Gasteiger partial charge in [0.2, 0.25) is 0 Å². The topological polar surface area (TPSA) is 45.6 Å². The smallest absolute Gasteiger partial charge is 0.0711 e. The van der Waals surface area contributed by atoms with E-state index in [9.17, 15) is 5.11 Å². The summed E-state index contributed by atoms with van der Waals surface area (Å²) in [6.45, 7) is 6.05. The van der Waals surface area contributed by atoms with Crippen molar-refractivity contribution in [3.05, 3.63) is 42.1 Å². The van der Waals surface area contributed by atoms with Gasteiger partial charge >= 0.3 is 0 Å². The third kappa shape index (κ3) is 3.64. The van der Waals surface area contributed by atoms with Crippen LogP contribution in [-0.2, 0) is 11.2 Å². The molecular formula is C18H24N2O2. The number of hydrogen-bond acceptors (Lipinski definition) is 4. The highest BCUT2D eigenvalue weighted by molar-refractivity contribution is 5.78. The predicted molar refractivity (Wildman–Crippen MR) is 87.9 cm³/mol. The van der Waals surface area contributed by atoms with Crippen molar-refractivity contribution < 1.29 is 9.84 Å². The van der Waals surface area contributed by atoms with Crippen molar-refractivity contribution in [2.24, 2.45) is 5.92 Å². The number of para-hydroxylation sites is 1. The Balaban J connectivity index is 1.61. The number of β-amino-alcohol motifs (C(OH)–C–C–N with tert-alkyl or cyclic N) is 1. The molecule has 0 spiro atoms. The normalized spacial score (nSPS) is 22.5. The molecule has 118 valence electrons. The van der Waals surface area contributed by atoms with Gasteiger partial charge in [0, 0.05) is 43.2 Å². The van der Waals surface area contributed by atoms with Crippen LogP contribution >= 0.6 is 0 Å². The molecule has 2 atom stereocenters. The number of pyridine rings is 1. The van der Waals surface area contributed by atoms with E-state index >= 15 is 0 Å². The molecule has 4 nitrogen and oxygen atoms in total. The summed E-state index contributed by atoms with van der Waals surface area (Å²) in [5.74, 6) is 0.260. The fraction of sp³-hybridized carbons (Fsp3) is 0.500. The molecule has 1 aliphatic heterocycles. The Morgan fingerprint density at radius 3 is 2.95 bits per heavy atom. The molecule has 0 amide bonds. The zero-order valence-electron chi connectivity index (χ0n) is 13.1. The average Bonchev–Trinajstić information content (AvgIpc) is 2.87. The van der Waals surface area contributed by atoms with E-state index < -0.39 is 0 Å². The van der Waals surface area contributed by atoms with E-state index in [-0.39, 0.29) is 12.0 Å². The van der Waals surface area contributed by atoms with Gasteiger partial charge in [0.05, 0.1) is 18.2 Å². The minimum atomic E-state index is -0.269. The Morgan fingerprint density at radius 2 is 2.09 bits per heavy atom. The number of ether oxygens (including phenoxy) is 1. The summed E-state index contributed by atoms with van der Waals surface area (Å²) in [6, 6.07) is 12.4. The summed E-state index contributed by atoms with van der Waals surface area (Å²) in [6.07, 6.45) is 0.562. The monoisotopic (exact) mass is 300 g/mol. The van der Waals surface area contributed by atoms with Gasteiger partial charge in [-0.05, 0) is 25.5 Å². The first-order chi connectivity index (χ1) is 10.8. The van der Waals surface area contributed by atoms with Crippen molar-refractivity contribution in [2.45, 2.75) is 19.4 Å². The van der Waals surface area contributed by atoms with Crippen LogP contribution in [0.2, 0.25) is 0 Å². The lowest BCUT2D eigenvalue weighted by atomic mass is 9.99. The lowest BCUT2D eigenvalue weighted by molar-refractivity contribution is 0.112. The molecule has 0 radical (unpaired) electrons. The Bertz CT molecular complexity index is 617. The largest absolute Gasteiger partial charge is 0.391 e. The number of aliphatic hydroxyl groups excluding tert-OH is 1. The van der Waals surface area contributed by atoms with Gasteiger partial charge in [-0.15, -0.1) is 0 Å². The SMILES string of the molecule is CCOCCN1C[C@@H](Cc2ccc3ccccc3n2)[C@H](O)C1. The molecule has 22 heavy (non-hydrogen) atoms. The Kier molecular flexibility index (Phi) is 5.03. The van der Waals surface area contributed by atoms with Crippen molar-refractivity contribution >= 4 is 10.9 Å². The van der Waals surface area contributed by atoms with E-state index in [1.807, 2.05) is 25.1 Å². The van der Waals surface area contributed by atoms with Crippen LogP contribution in [0.4, 0.5) is 0 Å². The first-order valence-corrected chi connectivity index (χ1v) is 8.09. The standard InChI is InChI=1S/C18H24N2O2/c1-2-22-10-9-20-12-15(18(21)13-20)11-16-8-7-14-5-3-4-6-17(14)19-16/h3-8,15,18,21H,2,9-13H2,1H3/t15-,18-/m1/s1. The molecule has 1 N–H and O–H groups in total. The summed E-state index contributed by atoms with van der Waals surface area (Å²) >= 11 is 0. The zero-order chi connectivity index (χ0) is 15.4. The van der Waals surface area contributed by atoms with Crippen LogP contribution in [-0.4, -0.2) is 53.9 Å². The number of rotatable bonds is 6. The summed E-state index contributed by atoms with van der Waals surface area (Å²) in [4.78, 5) is 7.00. The molecule has 0 unspecified atom stereocenters. The fourth-order valence-electron chi connectivity index (χ4n) is 3.15. The summed E-state index contributed by atoms with van der Waals surface area (Å²) in [7, 11) is 0. The van der Waals surface area contributed by atoms with E-state index in [1.165, 1.54) is 0 Å². The van der Waals surface area contributed by atoms with Crippen molar-refractivity contribution in [3.63, 3.8) is 0 Å². The minimum absolute atomic E-state index is 0.260. The van der Waals surface area contributed by atoms with Gasteiger partial charge in [-0.25, -0.2) is 0 Å². The van der Waals surface area contributed by atoms with Gasteiger partial charge in [-0.3, -0.25) is 9.88 Å². The third-order valence-corrected chi connectivity index (χ3v) is 4.37. The van der Waals surface area contributed by atoms with Crippen molar-refractivity contribution in [1.82, 2.24) is 9.88 Å². The lowest BCUT2D eigenvalue weighted by Gasteiger charge is -2.15. The fourth-order valence-corrected chi connectivity index (χ4v) is 3.15. The molecule has 0 aliphatic carbocycles. The van der Waals surface area contributed by atoms with Gasteiger partial charge in [-0.1, -0.05) is 24.3 Å². The molecule has 1 fully saturated rings. The van der Waals surface area contributed by atoms with Crippen molar-refractivity contribution in [2.75, 3.05) is 32.8 Å². The maximum Gasteiger partial charge on any atom is 0.0711 e. The Hall–Kier alpha value is -1.49. The molecule has 3 rings (SSSR count). The first-order valence-electron chi connectivity index (χ1n) is 8.09. The van der Waals surface area contributed by atoms with Gasteiger partial charge < -0.3 is 9.84 Å². The average molecular weight is 300 g/mol. The van der Waals surface area contributed by atoms with Crippen LogP contribution in [0.15, 0.2) is 36.4 Å². The van der Waals surface area contributed by atoms with Crippen LogP contribution in [0.1, 0.15) is 12.6 Å². The van der Waals surface area contributed by atoms with Crippen molar-refractivity contribution in [1.29, 1.82) is 0 Å². The summed E-state index contributed by atoms with van der Waals surface area (Å²) in [5, 5.41) is 11.4. The quantitative estimate of drug-likeness (QED) is 0.830. The number of hydrogen-bond donors (Lipinski definition) is 1. The van der Waals surface area contributed by atoms with E-state index in [4.69, 9.17) is 9.72 Å². The molecule has 1 aromatic carbocycles. The van der Waals surface area contributed by atoms with Gasteiger partial charge in [0.1, 0.15) is 0 Å². The highest BCUT2D eigenvalue weighted by Gasteiger charge is 2.31. The van der Waals surface area contributed by atoms with Crippen LogP contribution < -0.4 is 0 Å². The zero-order valence-corrected chi connectivity index (χ0v) is 13.1. The Morgan fingerprint density at radius 1 is 1.23 bits per heavy atom. The number of fused-ring (bicyclic) bond motifs is 1.